The zero-order chi connectivity index (χ0) is 14.0. The third-order valence-electron chi connectivity index (χ3n) is 2.75. The summed E-state index contributed by atoms with van der Waals surface area (Å²) < 4.78 is 0. The van der Waals surface area contributed by atoms with Crippen molar-refractivity contribution in [3.8, 4) is 0 Å². The number of aliphatic carboxylic acids is 1. The van der Waals surface area contributed by atoms with Crippen LogP contribution >= 0.6 is 0 Å². The van der Waals surface area contributed by atoms with Gasteiger partial charge in [0.25, 0.3) is 0 Å². The zero-order valence-corrected chi connectivity index (χ0v) is 13.0. The van der Waals surface area contributed by atoms with E-state index in [9.17, 15) is 24.0 Å². The van der Waals surface area contributed by atoms with Crippen LogP contribution in [-0.4, -0.2) is 34.2 Å². The molecule has 0 rings (SSSR count). The molecule has 0 amide bonds. The average Bonchev–Trinajstić information content (AvgIpc) is 2.09. The van der Waals surface area contributed by atoms with Crippen LogP contribution in [0.1, 0.15) is 27.7 Å². The van der Waals surface area contributed by atoms with E-state index < -0.39 is 40.4 Å². The van der Waals surface area contributed by atoms with Crippen molar-refractivity contribution in [2.45, 2.75) is 27.7 Å². The molecule has 98 valence electrons. The SMILES string of the molecule is CC(=O)C(C(=O)O)C(C(C)=O)(C(C)=O)C(C)=O.[Zr]. The summed E-state index contributed by atoms with van der Waals surface area (Å²) in [4.78, 5) is 57.0. The minimum Gasteiger partial charge on any atom is -0.481 e. The van der Waals surface area contributed by atoms with Crippen LogP contribution in [-0.2, 0) is 50.2 Å². The summed E-state index contributed by atoms with van der Waals surface area (Å²) >= 11 is 0. The Kier molecular flexibility index (Phi) is 7.35. The van der Waals surface area contributed by atoms with E-state index in [4.69, 9.17) is 5.11 Å². The maximum atomic E-state index is 11.5. The first kappa shape index (κ1) is 19.4. The van der Waals surface area contributed by atoms with Gasteiger partial charge in [-0.15, -0.1) is 0 Å². The van der Waals surface area contributed by atoms with Gasteiger partial charge in [0.15, 0.2) is 22.8 Å². The van der Waals surface area contributed by atoms with Gasteiger partial charge in [0.2, 0.25) is 0 Å². The molecular formula is C11H14O6Zr. The van der Waals surface area contributed by atoms with Gasteiger partial charge in [-0.05, 0) is 27.7 Å². The quantitative estimate of drug-likeness (QED) is 0.687. The molecule has 1 atom stereocenters. The molecule has 0 aliphatic rings. The van der Waals surface area contributed by atoms with Crippen molar-refractivity contribution in [2.24, 2.45) is 11.3 Å². The fourth-order valence-electron chi connectivity index (χ4n) is 2.02. The Morgan fingerprint density at radius 1 is 0.833 bits per heavy atom. The van der Waals surface area contributed by atoms with Crippen molar-refractivity contribution >= 4 is 29.1 Å². The van der Waals surface area contributed by atoms with Crippen molar-refractivity contribution in [1.29, 1.82) is 0 Å². The molecule has 0 fully saturated rings. The van der Waals surface area contributed by atoms with E-state index in [0.29, 0.717) is 0 Å². The molecule has 0 saturated heterocycles. The van der Waals surface area contributed by atoms with E-state index >= 15 is 0 Å². The topological polar surface area (TPSA) is 106 Å². The predicted octanol–water partition coefficient (Wildman–Crippen LogP) is 0.0271. The summed E-state index contributed by atoms with van der Waals surface area (Å²) in [6, 6.07) is 0. The Hall–Kier alpha value is -0.967. The van der Waals surface area contributed by atoms with Crippen LogP contribution in [0.4, 0.5) is 0 Å². The first-order valence-electron chi connectivity index (χ1n) is 4.86. The first-order valence-corrected chi connectivity index (χ1v) is 4.86. The van der Waals surface area contributed by atoms with Gasteiger partial charge in [0.1, 0.15) is 11.7 Å². The number of carboxylic acids is 1. The molecule has 0 aliphatic carbocycles. The summed E-state index contributed by atoms with van der Waals surface area (Å²) in [6.45, 7) is 3.73. The van der Waals surface area contributed by atoms with Gasteiger partial charge in [-0.2, -0.15) is 0 Å². The molecule has 0 spiro atoms. The molecule has 0 aromatic rings. The molecule has 6 nitrogen and oxygen atoms in total. The van der Waals surface area contributed by atoms with E-state index in [1.54, 1.807) is 0 Å². The molecule has 0 radical (unpaired) electrons. The number of hydrogen-bond acceptors (Lipinski definition) is 5. The summed E-state index contributed by atoms with van der Waals surface area (Å²) in [7, 11) is 0. The minimum atomic E-state index is -2.41. The fraction of sp³-hybridized carbons (Fsp3) is 0.545. The van der Waals surface area contributed by atoms with Crippen LogP contribution < -0.4 is 0 Å². The van der Waals surface area contributed by atoms with E-state index in [1.807, 2.05) is 0 Å². The average molecular weight is 333 g/mol. The maximum absolute atomic E-state index is 11.5. The number of carbonyl (C=O) groups is 5. The van der Waals surface area contributed by atoms with E-state index in [-0.39, 0.29) is 26.2 Å². The van der Waals surface area contributed by atoms with E-state index in [1.165, 1.54) is 0 Å². The summed E-state index contributed by atoms with van der Waals surface area (Å²) in [5.74, 6) is -7.31. The smallest absolute Gasteiger partial charge is 0.316 e. The second kappa shape index (κ2) is 6.83. The molecule has 0 saturated carbocycles. The van der Waals surface area contributed by atoms with Gasteiger partial charge in [-0.1, -0.05) is 0 Å². The van der Waals surface area contributed by atoms with Crippen molar-refractivity contribution in [1.82, 2.24) is 0 Å². The molecule has 1 N–H and O–H groups in total. The van der Waals surface area contributed by atoms with Crippen LogP contribution in [0.15, 0.2) is 0 Å². The van der Waals surface area contributed by atoms with Crippen LogP contribution in [0.3, 0.4) is 0 Å². The van der Waals surface area contributed by atoms with E-state index in [0.717, 1.165) is 27.7 Å². The molecule has 0 aliphatic heterocycles. The van der Waals surface area contributed by atoms with Crippen molar-refractivity contribution in [2.75, 3.05) is 0 Å². The van der Waals surface area contributed by atoms with Gasteiger partial charge in [0, 0.05) is 26.2 Å². The Bertz CT molecular complexity index is 362. The van der Waals surface area contributed by atoms with Gasteiger partial charge in [-0.3, -0.25) is 24.0 Å². The minimum absolute atomic E-state index is 0. The number of ketones is 4. The fourth-order valence-corrected chi connectivity index (χ4v) is 2.02. The normalized spacial score (nSPS) is 12.0. The Balaban J connectivity index is 0. The van der Waals surface area contributed by atoms with Crippen molar-refractivity contribution in [3.63, 3.8) is 0 Å². The van der Waals surface area contributed by atoms with Crippen LogP contribution in [0.25, 0.3) is 0 Å². The number of carboxylic acid groups (broad SMARTS) is 1. The molecular weight excluding hydrogens is 319 g/mol. The summed E-state index contributed by atoms with van der Waals surface area (Å²) in [5, 5.41) is 8.95. The standard InChI is InChI=1S/C11H14O6.Zr/c1-5(12)9(10(16)17)11(6(2)13,7(3)14)8(4)15;/h9H,1-4H3,(H,16,17);. The second-order valence-electron chi connectivity index (χ2n) is 3.86. The molecule has 0 heterocycles. The second-order valence-corrected chi connectivity index (χ2v) is 3.86. The number of Topliss-reactive ketones (excluding diaryl/α,β-unsaturated/α-hetero) is 4. The van der Waals surface area contributed by atoms with Gasteiger partial charge in [-0.25, -0.2) is 0 Å². The van der Waals surface area contributed by atoms with Crippen molar-refractivity contribution < 1.29 is 55.3 Å². The van der Waals surface area contributed by atoms with Gasteiger partial charge in [0.05, 0.1) is 0 Å². The third kappa shape index (κ3) is 3.07. The Morgan fingerprint density at radius 3 is 1.17 bits per heavy atom. The van der Waals surface area contributed by atoms with Crippen molar-refractivity contribution in [3.05, 3.63) is 0 Å². The monoisotopic (exact) mass is 332 g/mol. The number of carbonyl (C=O) groups excluding carboxylic acids is 4. The molecule has 0 bridgehead atoms. The third-order valence-corrected chi connectivity index (χ3v) is 2.75. The molecule has 0 aromatic heterocycles. The molecule has 7 heteroatoms. The van der Waals surface area contributed by atoms with Gasteiger partial charge >= 0.3 is 5.97 Å². The van der Waals surface area contributed by atoms with Crippen LogP contribution in [0, 0.1) is 11.3 Å². The zero-order valence-electron chi connectivity index (χ0n) is 10.6. The molecule has 18 heavy (non-hydrogen) atoms. The first-order chi connectivity index (χ1) is 7.59. The Labute approximate surface area is 123 Å². The van der Waals surface area contributed by atoms with Crippen LogP contribution in [0.2, 0.25) is 0 Å². The number of rotatable bonds is 6. The summed E-state index contributed by atoms with van der Waals surface area (Å²) in [6.07, 6.45) is 0. The largest absolute Gasteiger partial charge is 0.481 e. The van der Waals surface area contributed by atoms with Crippen LogP contribution in [0.5, 0.6) is 0 Å². The predicted molar refractivity (Wildman–Crippen MR) is 56.3 cm³/mol. The van der Waals surface area contributed by atoms with Gasteiger partial charge < -0.3 is 5.11 Å². The molecule has 0 aromatic carbocycles. The van der Waals surface area contributed by atoms with E-state index in [2.05, 4.69) is 0 Å². The summed E-state index contributed by atoms with van der Waals surface area (Å²) in [5.41, 5.74) is -2.41. The number of hydrogen-bond donors (Lipinski definition) is 1. The Morgan fingerprint density at radius 2 is 1.11 bits per heavy atom. The maximum Gasteiger partial charge on any atom is 0.316 e. The molecule has 1 unspecified atom stereocenters.